The molecule has 90 valence electrons. The van der Waals surface area contributed by atoms with E-state index in [0.717, 1.165) is 27.3 Å². The second-order valence-electron chi connectivity index (χ2n) is 4.49. The van der Waals surface area contributed by atoms with Gasteiger partial charge in [0.15, 0.2) is 0 Å². The Hall–Kier alpha value is -1.90. The topological polar surface area (TPSA) is 40.5 Å². The molecule has 0 heterocycles. The Bertz CT molecular complexity index is 717. The Labute approximate surface area is 105 Å². The molecule has 0 saturated carbocycles. The first-order chi connectivity index (χ1) is 8.81. The quantitative estimate of drug-likeness (QED) is 0.674. The smallest absolute Gasteiger partial charge is 0.0687 e. The third-order valence-corrected chi connectivity index (χ3v) is 3.32. The van der Waals surface area contributed by atoms with Crippen LogP contribution in [-0.4, -0.2) is 10.2 Å². The lowest BCUT2D eigenvalue weighted by Gasteiger charge is -2.09. The van der Waals surface area contributed by atoms with Crippen LogP contribution in [0.3, 0.4) is 0 Å². The summed E-state index contributed by atoms with van der Waals surface area (Å²) in [6.45, 7) is -0.0154. The fourth-order valence-corrected chi connectivity index (χ4v) is 2.42. The van der Waals surface area contributed by atoms with E-state index in [1.807, 2.05) is 24.3 Å². The van der Waals surface area contributed by atoms with E-state index in [2.05, 4.69) is 24.3 Å². The summed E-state index contributed by atoms with van der Waals surface area (Å²) in [4.78, 5) is 0. The van der Waals surface area contributed by atoms with Gasteiger partial charge in [0.25, 0.3) is 0 Å². The predicted molar refractivity (Wildman–Crippen MR) is 73.3 cm³/mol. The zero-order valence-corrected chi connectivity index (χ0v) is 9.93. The Morgan fingerprint density at radius 3 is 2.11 bits per heavy atom. The molecule has 0 spiro atoms. The average molecular weight is 238 g/mol. The molecule has 0 aliphatic heterocycles. The van der Waals surface area contributed by atoms with Crippen molar-refractivity contribution in [3.63, 3.8) is 0 Å². The van der Waals surface area contributed by atoms with Crippen LogP contribution in [0.2, 0.25) is 0 Å². The van der Waals surface area contributed by atoms with Crippen LogP contribution < -0.4 is 0 Å². The lowest BCUT2D eigenvalue weighted by molar-refractivity contribution is 0.276. The Morgan fingerprint density at radius 1 is 0.722 bits per heavy atom. The summed E-state index contributed by atoms with van der Waals surface area (Å²) in [5.74, 6) is 0. The molecule has 0 aromatic heterocycles. The van der Waals surface area contributed by atoms with Crippen molar-refractivity contribution in [1.82, 2.24) is 0 Å². The lowest BCUT2D eigenvalue weighted by atomic mass is 9.98. The number of rotatable bonds is 2. The van der Waals surface area contributed by atoms with Crippen LogP contribution in [0.25, 0.3) is 21.5 Å². The number of hydrogen-bond donors (Lipinski definition) is 2. The van der Waals surface area contributed by atoms with Gasteiger partial charge in [-0.2, -0.15) is 0 Å². The van der Waals surface area contributed by atoms with E-state index in [-0.39, 0.29) is 13.2 Å². The largest absolute Gasteiger partial charge is 0.392 e. The first kappa shape index (κ1) is 11.2. The SMILES string of the molecule is OCc1cc(CO)c2cc3ccccc3cc2c1. The highest BCUT2D eigenvalue weighted by Gasteiger charge is 2.05. The van der Waals surface area contributed by atoms with E-state index in [1.54, 1.807) is 0 Å². The van der Waals surface area contributed by atoms with Gasteiger partial charge in [-0.1, -0.05) is 30.3 Å². The maximum absolute atomic E-state index is 9.45. The van der Waals surface area contributed by atoms with Crippen LogP contribution in [0.4, 0.5) is 0 Å². The molecule has 0 fully saturated rings. The maximum atomic E-state index is 9.45. The summed E-state index contributed by atoms with van der Waals surface area (Å²) >= 11 is 0. The molecule has 0 amide bonds. The number of aliphatic hydroxyl groups excluding tert-OH is 2. The molecule has 0 bridgehead atoms. The fraction of sp³-hybridized carbons (Fsp3) is 0.125. The van der Waals surface area contributed by atoms with E-state index >= 15 is 0 Å². The minimum atomic E-state index is -0.0112. The van der Waals surface area contributed by atoms with Crippen molar-refractivity contribution in [3.05, 3.63) is 59.7 Å². The van der Waals surface area contributed by atoms with Crippen molar-refractivity contribution in [2.45, 2.75) is 13.2 Å². The van der Waals surface area contributed by atoms with Crippen LogP contribution in [-0.2, 0) is 13.2 Å². The first-order valence-electron chi connectivity index (χ1n) is 5.98. The van der Waals surface area contributed by atoms with Crippen molar-refractivity contribution in [2.24, 2.45) is 0 Å². The summed E-state index contributed by atoms with van der Waals surface area (Å²) in [6, 6.07) is 16.2. The van der Waals surface area contributed by atoms with Crippen LogP contribution >= 0.6 is 0 Å². The van der Waals surface area contributed by atoms with Crippen molar-refractivity contribution in [3.8, 4) is 0 Å². The molecular formula is C16H14O2. The first-order valence-corrected chi connectivity index (χ1v) is 5.98. The van der Waals surface area contributed by atoms with Gasteiger partial charge < -0.3 is 10.2 Å². The highest BCUT2D eigenvalue weighted by molar-refractivity contribution is 5.99. The maximum Gasteiger partial charge on any atom is 0.0687 e. The lowest BCUT2D eigenvalue weighted by Crippen LogP contribution is -1.91. The zero-order chi connectivity index (χ0) is 12.5. The molecule has 0 aliphatic rings. The van der Waals surface area contributed by atoms with Gasteiger partial charge in [0.2, 0.25) is 0 Å². The van der Waals surface area contributed by atoms with E-state index in [1.165, 1.54) is 5.39 Å². The van der Waals surface area contributed by atoms with Gasteiger partial charge in [0.1, 0.15) is 0 Å². The molecule has 0 radical (unpaired) electrons. The van der Waals surface area contributed by atoms with Crippen LogP contribution in [0.5, 0.6) is 0 Å². The molecule has 0 saturated heterocycles. The van der Waals surface area contributed by atoms with Gasteiger partial charge in [-0.25, -0.2) is 0 Å². The standard InChI is InChI=1S/C16H14O2/c17-9-11-5-14-7-12-3-1-2-4-13(12)8-16(14)15(6-11)10-18/h1-8,17-18H,9-10H2. The van der Waals surface area contributed by atoms with E-state index in [0.29, 0.717) is 0 Å². The molecule has 2 nitrogen and oxygen atoms in total. The van der Waals surface area contributed by atoms with E-state index < -0.39 is 0 Å². The highest BCUT2D eigenvalue weighted by Crippen LogP contribution is 2.27. The summed E-state index contributed by atoms with van der Waals surface area (Å²) in [5, 5.41) is 23.1. The second kappa shape index (κ2) is 4.41. The highest BCUT2D eigenvalue weighted by atomic mass is 16.3. The van der Waals surface area contributed by atoms with Crippen LogP contribution in [0.1, 0.15) is 11.1 Å². The van der Waals surface area contributed by atoms with Crippen molar-refractivity contribution < 1.29 is 10.2 Å². The molecule has 0 unspecified atom stereocenters. The van der Waals surface area contributed by atoms with E-state index in [9.17, 15) is 10.2 Å². The monoisotopic (exact) mass is 238 g/mol. The Kier molecular flexibility index (Phi) is 2.74. The summed E-state index contributed by atoms with van der Waals surface area (Å²) in [5.41, 5.74) is 1.70. The normalized spacial score (nSPS) is 11.2. The molecule has 3 aromatic carbocycles. The predicted octanol–water partition coefficient (Wildman–Crippen LogP) is 2.98. The average Bonchev–Trinajstić information content (AvgIpc) is 2.43. The fourth-order valence-electron chi connectivity index (χ4n) is 2.42. The van der Waals surface area contributed by atoms with Crippen molar-refractivity contribution in [2.75, 3.05) is 0 Å². The molecular weight excluding hydrogens is 224 g/mol. The van der Waals surface area contributed by atoms with Crippen molar-refractivity contribution in [1.29, 1.82) is 0 Å². The number of hydrogen-bond acceptors (Lipinski definition) is 2. The second-order valence-corrected chi connectivity index (χ2v) is 4.49. The van der Waals surface area contributed by atoms with Crippen molar-refractivity contribution >= 4 is 21.5 Å². The minimum Gasteiger partial charge on any atom is -0.392 e. The van der Waals surface area contributed by atoms with Crippen LogP contribution in [0.15, 0.2) is 48.5 Å². The molecule has 2 heteroatoms. The zero-order valence-electron chi connectivity index (χ0n) is 9.93. The molecule has 3 aromatic rings. The van der Waals surface area contributed by atoms with Gasteiger partial charge >= 0.3 is 0 Å². The third-order valence-electron chi connectivity index (χ3n) is 3.32. The Balaban J connectivity index is 2.41. The Morgan fingerprint density at radius 2 is 1.44 bits per heavy atom. The van der Waals surface area contributed by atoms with Gasteiger partial charge in [-0.3, -0.25) is 0 Å². The van der Waals surface area contributed by atoms with Gasteiger partial charge in [-0.15, -0.1) is 0 Å². The van der Waals surface area contributed by atoms with Gasteiger partial charge in [0.05, 0.1) is 13.2 Å². The summed E-state index contributed by atoms with van der Waals surface area (Å²) in [7, 11) is 0. The van der Waals surface area contributed by atoms with Gasteiger partial charge in [0, 0.05) is 0 Å². The molecule has 2 N–H and O–H groups in total. The molecule has 0 aliphatic carbocycles. The molecule has 3 rings (SSSR count). The molecule has 18 heavy (non-hydrogen) atoms. The minimum absolute atomic E-state index is 0.00420. The number of benzene rings is 3. The number of aliphatic hydroxyl groups is 2. The number of fused-ring (bicyclic) bond motifs is 2. The van der Waals surface area contributed by atoms with Gasteiger partial charge in [-0.05, 0) is 50.9 Å². The summed E-state index contributed by atoms with van der Waals surface area (Å²) in [6.07, 6.45) is 0. The molecule has 0 atom stereocenters. The van der Waals surface area contributed by atoms with E-state index in [4.69, 9.17) is 0 Å². The van der Waals surface area contributed by atoms with Crippen LogP contribution in [0, 0.1) is 0 Å². The third kappa shape index (κ3) is 1.76. The summed E-state index contributed by atoms with van der Waals surface area (Å²) < 4.78 is 0.